The fraction of sp³-hybridized carbons (Fsp3) is 0.353. The van der Waals surface area contributed by atoms with Gasteiger partial charge in [-0.15, -0.1) is 0 Å². The van der Waals surface area contributed by atoms with Gasteiger partial charge in [0.1, 0.15) is 4.88 Å². The number of carbonyl (C=O) groups is 2. The van der Waals surface area contributed by atoms with E-state index in [4.69, 9.17) is 4.74 Å². The number of thiazole rings is 1. The summed E-state index contributed by atoms with van der Waals surface area (Å²) >= 11 is 1.32. The molecule has 0 aliphatic carbocycles. The molecule has 132 valence electrons. The van der Waals surface area contributed by atoms with Gasteiger partial charge in [-0.1, -0.05) is 29.0 Å². The molecule has 7 nitrogen and oxygen atoms in total. The molecular formula is C17H20N4O3S. The van der Waals surface area contributed by atoms with E-state index in [1.165, 1.54) is 11.3 Å². The molecule has 25 heavy (non-hydrogen) atoms. The van der Waals surface area contributed by atoms with Gasteiger partial charge in [-0.3, -0.25) is 20.4 Å². The second-order valence-electron chi connectivity index (χ2n) is 5.78. The Morgan fingerprint density at radius 1 is 1.08 bits per heavy atom. The van der Waals surface area contributed by atoms with Crippen molar-refractivity contribution in [3.63, 3.8) is 0 Å². The average molecular weight is 360 g/mol. The average Bonchev–Trinajstić information content (AvgIpc) is 3.02. The highest BCUT2D eigenvalue weighted by Crippen LogP contribution is 2.26. The predicted molar refractivity (Wildman–Crippen MR) is 96.0 cm³/mol. The second kappa shape index (κ2) is 7.62. The maximum Gasteiger partial charge on any atom is 0.281 e. The summed E-state index contributed by atoms with van der Waals surface area (Å²) in [6, 6.07) is 7.12. The number of aromatic nitrogens is 1. The molecule has 0 bridgehead atoms. The van der Waals surface area contributed by atoms with E-state index in [1.807, 2.05) is 19.1 Å². The molecule has 0 unspecified atom stereocenters. The van der Waals surface area contributed by atoms with Crippen LogP contribution in [0.3, 0.4) is 0 Å². The molecule has 0 radical (unpaired) electrons. The molecule has 1 aliphatic heterocycles. The van der Waals surface area contributed by atoms with Gasteiger partial charge in [0, 0.05) is 18.7 Å². The largest absolute Gasteiger partial charge is 0.378 e. The summed E-state index contributed by atoms with van der Waals surface area (Å²) in [4.78, 5) is 31.5. The zero-order valence-electron chi connectivity index (χ0n) is 14.2. The van der Waals surface area contributed by atoms with Gasteiger partial charge >= 0.3 is 0 Å². The number of nitrogens with zero attached hydrogens (tertiary/aromatic N) is 2. The first-order valence-corrected chi connectivity index (χ1v) is 8.83. The van der Waals surface area contributed by atoms with Gasteiger partial charge in [0.15, 0.2) is 5.13 Å². The monoisotopic (exact) mass is 360 g/mol. The highest BCUT2D eigenvalue weighted by atomic mass is 32.1. The quantitative estimate of drug-likeness (QED) is 0.814. The third-order valence-electron chi connectivity index (χ3n) is 3.88. The third-order valence-corrected chi connectivity index (χ3v) is 5.09. The number of anilines is 1. The first-order chi connectivity index (χ1) is 12.0. The van der Waals surface area contributed by atoms with Crippen molar-refractivity contribution in [1.82, 2.24) is 15.8 Å². The standard InChI is InChI=1S/C17H20N4O3S/c1-11-3-5-13(6-4-11)15(22)19-20-16(23)14-12(2)18-17(25-14)21-7-9-24-10-8-21/h3-6H,7-10H2,1-2H3,(H,19,22)(H,20,23). The molecule has 1 aliphatic rings. The Hall–Kier alpha value is -2.45. The summed E-state index contributed by atoms with van der Waals surface area (Å²) in [5.41, 5.74) is 7.10. The molecule has 2 heterocycles. The van der Waals surface area contributed by atoms with Crippen molar-refractivity contribution in [1.29, 1.82) is 0 Å². The number of amides is 2. The number of hydrogen-bond acceptors (Lipinski definition) is 6. The number of aryl methyl sites for hydroxylation is 2. The van der Waals surface area contributed by atoms with E-state index in [0.717, 1.165) is 23.8 Å². The Kier molecular flexibility index (Phi) is 5.30. The van der Waals surface area contributed by atoms with Crippen molar-refractivity contribution in [3.8, 4) is 0 Å². The fourth-order valence-corrected chi connectivity index (χ4v) is 3.44. The SMILES string of the molecule is Cc1ccc(C(=O)NNC(=O)c2sc(N3CCOCC3)nc2C)cc1. The molecule has 1 fully saturated rings. The molecular weight excluding hydrogens is 340 g/mol. The van der Waals surface area contributed by atoms with Crippen molar-refractivity contribution in [2.24, 2.45) is 0 Å². The maximum absolute atomic E-state index is 12.4. The number of hydrazine groups is 1. The minimum absolute atomic E-state index is 0.357. The minimum Gasteiger partial charge on any atom is -0.378 e. The van der Waals surface area contributed by atoms with Crippen molar-refractivity contribution in [3.05, 3.63) is 46.0 Å². The molecule has 2 amide bonds. The Morgan fingerprint density at radius 3 is 2.40 bits per heavy atom. The van der Waals surface area contributed by atoms with E-state index >= 15 is 0 Å². The normalized spacial score (nSPS) is 14.2. The molecule has 3 rings (SSSR count). The summed E-state index contributed by atoms with van der Waals surface area (Å²) in [6.45, 7) is 6.58. The van der Waals surface area contributed by atoms with Crippen LogP contribution in [0.1, 0.15) is 31.3 Å². The number of carbonyl (C=O) groups excluding carboxylic acids is 2. The van der Waals surface area contributed by atoms with Crippen LogP contribution in [0.25, 0.3) is 0 Å². The van der Waals surface area contributed by atoms with Gasteiger partial charge in [-0.25, -0.2) is 4.98 Å². The second-order valence-corrected chi connectivity index (χ2v) is 6.76. The molecule has 1 aromatic heterocycles. The molecule has 0 spiro atoms. The number of benzene rings is 1. The lowest BCUT2D eigenvalue weighted by atomic mass is 10.1. The van der Waals surface area contributed by atoms with Crippen LogP contribution in [0.15, 0.2) is 24.3 Å². The number of rotatable bonds is 3. The topological polar surface area (TPSA) is 83.6 Å². The zero-order valence-corrected chi connectivity index (χ0v) is 15.0. The Labute approximate surface area is 150 Å². The van der Waals surface area contributed by atoms with E-state index in [1.54, 1.807) is 19.1 Å². The molecule has 1 saturated heterocycles. The lowest BCUT2D eigenvalue weighted by molar-refractivity contribution is 0.0848. The van der Waals surface area contributed by atoms with Gasteiger partial charge in [-0.05, 0) is 26.0 Å². The van der Waals surface area contributed by atoms with Crippen molar-refractivity contribution < 1.29 is 14.3 Å². The summed E-state index contributed by atoms with van der Waals surface area (Å²) in [5.74, 6) is -0.723. The van der Waals surface area contributed by atoms with E-state index in [-0.39, 0.29) is 11.8 Å². The van der Waals surface area contributed by atoms with Gasteiger partial charge in [0.25, 0.3) is 11.8 Å². The molecule has 2 N–H and O–H groups in total. The first kappa shape index (κ1) is 17.4. The molecule has 0 saturated carbocycles. The molecule has 2 aromatic rings. The van der Waals surface area contributed by atoms with Gasteiger partial charge in [0.2, 0.25) is 0 Å². The smallest absolute Gasteiger partial charge is 0.281 e. The lowest BCUT2D eigenvalue weighted by Crippen LogP contribution is -2.41. The highest BCUT2D eigenvalue weighted by Gasteiger charge is 2.20. The van der Waals surface area contributed by atoms with Crippen LogP contribution >= 0.6 is 11.3 Å². The highest BCUT2D eigenvalue weighted by molar-refractivity contribution is 7.17. The summed E-state index contributed by atoms with van der Waals surface area (Å²) in [7, 11) is 0. The minimum atomic E-state index is -0.366. The van der Waals surface area contributed by atoms with Crippen LogP contribution < -0.4 is 15.8 Å². The van der Waals surface area contributed by atoms with E-state index in [2.05, 4.69) is 20.7 Å². The van der Waals surface area contributed by atoms with Crippen LogP contribution in [0.4, 0.5) is 5.13 Å². The summed E-state index contributed by atoms with van der Waals surface area (Å²) in [6.07, 6.45) is 0. The van der Waals surface area contributed by atoms with E-state index < -0.39 is 0 Å². The lowest BCUT2D eigenvalue weighted by Gasteiger charge is -2.25. The molecule has 1 aromatic carbocycles. The van der Waals surface area contributed by atoms with Gasteiger partial charge < -0.3 is 9.64 Å². The van der Waals surface area contributed by atoms with Crippen molar-refractivity contribution in [2.75, 3.05) is 31.2 Å². The van der Waals surface area contributed by atoms with Crippen LogP contribution in [0.2, 0.25) is 0 Å². The number of hydrogen-bond donors (Lipinski definition) is 2. The number of nitrogens with one attached hydrogen (secondary N) is 2. The van der Waals surface area contributed by atoms with Gasteiger partial charge in [-0.2, -0.15) is 0 Å². The van der Waals surface area contributed by atoms with Crippen molar-refractivity contribution in [2.45, 2.75) is 13.8 Å². The van der Waals surface area contributed by atoms with Crippen molar-refractivity contribution >= 4 is 28.3 Å². The van der Waals surface area contributed by atoms with Crippen LogP contribution in [-0.4, -0.2) is 43.1 Å². The van der Waals surface area contributed by atoms with Crippen LogP contribution in [-0.2, 0) is 4.74 Å². The van der Waals surface area contributed by atoms with Crippen LogP contribution in [0, 0.1) is 13.8 Å². The Balaban J connectivity index is 1.62. The Morgan fingerprint density at radius 2 is 1.72 bits per heavy atom. The number of ether oxygens (including phenoxy) is 1. The summed E-state index contributed by atoms with van der Waals surface area (Å²) in [5, 5.41) is 0.802. The maximum atomic E-state index is 12.4. The van der Waals surface area contributed by atoms with Crippen LogP contribution in [0.5, 0.6) is 0 Å². The summed E-state index contributed by atoms with van der Waals surface area (Å²) < 4.78 is 5.33. The zero-order chi connectivity index (χ0) is 17.8. The molecule has 0 atom stereocenters. The Bertz CT molecular complexity index is 767. The van der Waals surface area contributed by atoms with E-state index in [9.17, 15) is 9.59 Å². The van der Waals surface area contributed by atoms with Gasteiger partial charge in [0.05, 0.1) is 18.9 Å². The number of morpholine rings is 1. The molecule has 8 heteroatoms. The fourth-order valence-electron chi connectivity index (χ4n) is 2.43. The van der Waals surface area contributed by atoms with E-state index in [0.29, 0.717) is 29.3 Å². The third kappa shape index (κ3) is 4.15. The predicted octanol–water partition coefficient (Wildman–Crippen LogP) is 1.67. The first-order valence-electron chi connectivity index (χ1n) is 8.02.